The second-order valence-corrected chi connectivity index (χ2v) is 5.98. The van der Waals surface area contributed by atoms with Crippen LogP contribution in [-0.4, -0.2) is 16.2 Å². The SMILES string of the molecule is C=C(O)c1c(C(=O)O)c(OCc2ccccc2)c2ccccc2c1CC. The van der Waals surface area contributed by atoms with Crippen molar-refractivity contribution in [3.63, 3.8) is 0 Å². The fourth-order valence-electron chi connectivity index (χ4n) is 3.25. The number of hydrogen-bond donors (Lipinski definition) is 2. The minimum Gasteiger partial charge on any atom is -0.508 e. The highest BCUT2D eigenvalue weighted by Crippen LogP contribution is 2.39. The van der Waals surface area contributed by atoms with Gasteiger partial charge in [-0.15, -0.1) is 0 Å². The Hall–Kier alpha value is -3.27. The van der Waals surface area contributed by atoms with Crippen LogP contribution in [0.3, 0.4) is 0 Å². The van der Waals surface area contributed by atoms with Crippen molar-refractivity contribution in [3.8, 4) is 5.75 Å². The first-order valence-corrected chi connectivity index (χ1v) is 8.40. The van der Waals surface area contributed by atoms with Crippen molar-refractivity contribution in [2.45, 2.75) is 20.0 Å². The smallest absolute Gasteiger partial charge is 0.340 e. The van der Waals surface area contributed by atoms with Gasteiger partial charge in [-0.25, -0.2) is 4.79 Å². The van der Waals surface area contributed by atoms with Gasteiger partial charge in [0, 0.05) is 10.9 Å². The van der Waals surface area contributed by atoms with Crippen molar-refractivity contribution in [2.75, 3.05) is 0 Å². The van der Waals surface area contributed by atoms with Crippen molar-refractivity contribution in [3.05, 3.63) is 83.4 Å². The third-order valence-corrected chi connectivity index (χ3v) is 4.36. The van der Waals surface area contributed by atoms with Crippen LogP contribution in [0.1, 0.15) is 34.0 Å². The molecule has 0 saturated heterocycles. The average Bonchev–Trinajstić information content (AvgIpc) is 2.65. The van der Waals surface area contributed by atoms with Gasteiger partial charge in [0.05, 0.1) is 0 Å². The number of hydrogen-bond acceptors (Lipinski definition) is 3. The molecule has 0 atom stereocenters. The first-order chi connectivity index (χ1) is 12.5. The summed E-state index contributed by atoms with van der Waals surface area (Å²) in [6, 6.07) is 17.0. The number of aliphatic hydroxyl groups excluding tert-OH is 1. The molecule has 0 heterocycles. The topological polar surface area (TPSA) is 66.8 Å². The maximum atomic E-state index is 12.0. The standard InChI is InChI=1S/C22H20O4/c1-3-16-17-11-7-8-12-18(17)21(20(22(24)25)19(16)14(2)23)26-13-15-9-5-4-6-10-15/h4-12,23H,2-3,13H2,1H3,(H,24,25). The molecular formula is C22H20O4. The van der Waals surface area contributed by atoms with Crippen molar-refractivity contribution < 1.29 is 19.7 Å². The monoisotopic (exact) mass is 348 g/mol. The van der Waals surface area contributed by atoms with Crippen molar-refractivity contribution in [1.29, 1.82) is 0 Å². The number of aromatic carboxylic acids is 1. The molecule has 0 fully saturated rings. The van der Waals surface area contributed by atoms with E-state index in [0.717, 1.165) is 16.5 Å². The first kappa shape index (κ1) is 17.5. The molecular weight excluding hydrogens is 328 g/mol. The summed E-state index contributed by atoms with van der Waals surface area (Å²) in [5.41, 5.74) is 1.86. The molecule has 0 radical (unpaired) electrons. The fraction of sp³-hybridized carbons (Fsp3) is 0.136. The second-order valence-electron chi connectivity index (χ2n) is 5.98. The van der Waals surface area contributed by atoms with Crippen LogP contribution in [0.5, 0.6) is 5.75 Å². The van der Waals surface area contributed by atoms with Crippen molar-refractivity contribution in [2.24, 2.45) is 0 Å². The van der Waals surface area contributed by atoms with E-state index in [4.69, 9.17) is 4.74 Å². The normalized spacial score (nSPS) is 10.7. The zero-order chi connectivity index (χ0) is 18.7. The van der Waals surface area contributed by atoms with Gasteiger partial charge in [-0.1, -0.05) is 68.1 Å². The van der Waals surface area contributed by atoms with E-state index in [-0.39, 0.29) is 29.2 Å². The highest BCUT2D eigenvalue weighted by Gasteiger charge is 2.25. The third-order valence-electron chi connectivity index (χ3n) is 4.36. The summed E-state index contributed by atoms with van der Waals surface area (Å²) in [5.74, 6) is -1.17. The number of aliphatic hydroxyl groups is 1. The number of carboxylic acids is 1. The van der Waals surface area contributed by atoms with E-state index in [1.54, 1.807) is 0 Å². The molecule has 0 unspecified atom stereocenters. The number of fused-ring (bicyclic) bond motifs is 1. The molecule has 0 saturated carbocycles. The van der Waals surface area contributed by atoms with Crippen LogP contribution < -0.4 is 4.74 Å². The Morgan fingerprint density at radius 3 is 2.15 bits per heavy atom. The second kappa shape index (κ2) is 7.31. The lowest BCUT2D eigenvalue weighted by Gasteiger charge is -2.19. The number of benzene rings is 3. The van der Waals surface area contributed by atoms with Gasteiger partial charge in [-0.3, -0.25) is 0 Å². The molecule has 0 aliphatic heterocycles. The van der Waals surface area contributed by atoms with Crippen LogP contribution in [0.15, 0.2) is 61.2 Å². The predicted octanol–water partition coefficient (Wildman–Crippen LogP) is 5.21. The van der Waals surface area contributed by atoms with Crippen molar-refractivity contribution in [1.82, 2.24) is 0 Å². The summed E-state index contributed by atoms with van der Waals surface area (Å²) in [7, 11) is 0. The summed E-state index contributed by atoms with van der Waals surface area (Å²) in [6.07, 6.45) is 0.564. The molecule has 2 N–H and O–H groups in total. The Kier molecular flexibility index (Phi) is 4.94. The van der Waals surface area contributed by atoms with E-state index in [1.807, 2.05) is 61.5 Å². The molecule has 0 aliphatic rings. The largest absolute Gasteiger partial charge is 0.508 e. The molecule has 3 rings (SSSR count). The van der Waals surface area contributed by atoms with E-state index in [2.05, 4.69) is 6.58 Å². The Bertz CT molecular complexity index is 974. The van der Waals surface area contributed by atoms with Crippen LogP contribution in [-0.2, 0) is 13.0 Å². The number of aryl methyl sites for hydroxylation is 1. The van der Waals surface area contributed by atoms with Gasteiger partial charge in [0.2, 0.25) is 0 Å². The molecule has 26 heavy (non-hydrogen) atoms. The zero-order valence-electron chi connectivity index (χ0n) is 14.5. The van der Waals surface area contributed by atoms with Crippen LogP contribution in [0, 0.1) is 0 Å². The summed E-state index contributed by atoms with van der Waals surface area (Å²) < 4.78 is 5.96. The lowest BCUT2D eigenvalue weighted by Crippen LogP contribution is -2.10. The molecule has 0 amide bonds. The Balaban J connectivity index is 2.27. The van der Waals surface area contributed by atoms with E-state index >= 15 is 0 Å². The Morgan fingerprint density at radius 2 is 1.58 bits per heavy atom. The van der Waals surface area contributed by atoms with Crippen LogP contribution in [0.25, 0.3) is 16.5 Å². The number of carbonyl (C=O) groups is 1. The quantitative estimate of drug-likeness (QED) is 0.600. The van der Waals surface area contributed by atoms with Crippen LogP contribution in [0.2, 0.25) is 0 Å². The number of rotatable bonds is 6. The van der Waals surface area contributed by atoms with E-state index < -0.39 is 5.97 Å². The molecule has 0 aliphatic carbocycles. The molecule has 3 aromatic rings. The summed E-state index contributed by atoms with van der Waals surface area (Å²) in [6.45, 7) is 5.73. The minimum absolute atomic E-state index is 0.0519. The van der Waals surface area contributed by atoms with Gasteiger partial charge in [-0.2, -0.15) is 0 Å². The molecule has 3 aromatic carbocycles. The van der Waals surface area contributed by atoms with Gasteiger partial charge in [-0.05, 0) is 22.9 Å². The number of ether oxygens (including phenoxy) is 1. The maximum absolute atomic E-state index is 12.0. The predicted molar refractivity (Wildman–Crippen MR) is 103 cm³/mol. The highest BCUT2D eigenvalue weighted by atomic mass is 16.5. The van der Waals surface area contributed by atoms with Crippen LogP contribution in [0.4, 0.5) is 0 Å². The first-order valence-electron chi connectivity index (χ1n) is 8.40. The zero-order valence-corrected chi connectivity index (χ0v) is 14.5. The van der Waals surface area contributed by atoms with Gasteiger partial charge in [0.25, 0.3) is 0 Å². The molecule has 4 heteroatoms. The number of carboxylic acid groups (broad SMARTS) is 1. The maximum Gasteiger partial charge on any atom is 0.340 e. The van der Waals surface area contributed by atoms with Gasteiger partial charge >= 0.3 is 5.97 Å². The van der Waals surface area contributed by atoms with E-state index in [0.29, 0.717) is 11.8 Å². The highest BCUT2D eigenvalue weighted by molar-refractivity contribution is 6.06. The van der Waals surface area contributed by atoms with Gasteiger partial charge in [0.1, 0.15) is 23.7 Å². The summed E-state index contributed by atoms with van der Waals surface area (Å²) in [4.78, 5) is 12.0. The van der Waals surface area contributed by atoms with E-state index in [9.17, 15) is 15.0 Å². The third kappa shape index (κ3) is 3.14. The van der Waals surface area contributed by atoms with Gasteiger partial charge in [0.15, 0.2) is 0 Å². The summed E-state index contributed by atoms with van der Waals surface area (Å²) >= 11 is 0. The fourth-order valence-corrected chi connectivity index (χ4v) is 3.25. The van der Waals surface area contributed by atoms with Gasteiger partial charge < -0.3 is 14.9 Å². The van der Waals surface area contributed by atoms with Crippen LogP contribution >= 0.6 is 0 Å². The molecule has 0 bridgehead atoms. The van der Waals surface area contributed by atoms with Crippen molar-refractivity contribution >= 4 is 22.5 Å². The Morgan fingerprint density at radius 1 is 0.962 bits per heavy atom. The lowest BCUT2D eigenvalue weighted by atomic mass is 9.90. The van der Waals surface area contributed by atoms with E-state index in [1.165, 1.54) is 0 Å². The average molecular weight is 348 g/mol. The molecule has 4 nitrogen and oxygen atoms in total. The summed E-state index contributed by atoms with van der Waals surface area (Å²) in [5, 5.41) is 21.5. The molecule has 0 spiro atoms. The minimum atomic E-state index is -1.15. The Labute approximate surface area is 152 Å². The lowest BCUT2D eigenvalue weighted by molar-refractivity contribution is 0.0691. The molecule has 132 valence electrons. The molecule has 0 aromatic heterocycles.